The number of benzene rings is 1. The van der Waals surface area contributed by atoms with Crippen LogP contribution in [0.25, 0.3) is 0 Å². The molecule has 0 heterocycles. The largest absolute Gasteiger partial charge is 0.479 e. The first-order chi connectivity index (χ1) is 8.90. The van der Waals surface area contributed by atoms with Crippen molar-refractivity contribution in [3.05, 3.63) is 34.9 Å². The van der Waals surface area contributed by atoms with Gasteiger partial charge in [0.15, 0.2) is 6.10 Å². The van der Waals surface area contributed by atoms with Crippen LogP contribution in [0.5, 0.6) is 0 Å². The smallest absolute Gasteiger partial charge is 0.334 e. The number of aliphatic hydroxyl groups excluding tert-OH is 1. The fourth-order valence-electron chi connectivity index (χ4n) is 1.39. The third kappa shape index (κ3) is 5.15. The van der Waals surface area contributed by atoms with Gasteiger partial charge in [0.05, 0.1) is 6.54 Å². The highest BCUT2D eigenvalue weighted by Gasteiger charge is 2.16. The van der Waals surface area contributed by atoms with Crippen LogP contribution in [0, 0.1) is 0 Å². The van der Waals surface area contributed by atoms with Gasteiger partial charge in [-0.25, -0.2) is 9.59 Å². The van der Waals surface area contributed by atoms with Crippen molar-refractivity contribution in [2.45, 2.75) is 12.6 Å². The maximum absolute atomic E-state index is 11.6. The summed E-state index contributed by atoms with van der Waals surface area (Å²) in [4.78, 5) is 23.4. The molecule has 3 N–H and O–H groups in total. The predicted octanol–water partition coefficient (Wildman–Crippen LogP) is 0.927. The number of hydrogen-bond donors (Lipinski definition) is 3. The molecule has 1 aromatic rings. The summed E-state index contributed by atoms with van der Waals surface area (Å²) in [5, 5.41) is 20.4. The van der Waals surface area contributed by atoms with E-state index in [4.69, 9.17) is 21.8 Å². The van der Waals surface area contributed by atoms with Crippen molar-refractivity contribution in [1.82, 2.24) is 10.2 Å². The highest BCUT2D eigenvalue weighted by atomic mass is 35.5. The lowest BCUT2D eigenvalue weighted by Crippen LogP contribution is -2.42. The highest BCUT2D eigenvalue weighted by Crippen LogP contribution is 2.12. The number of aliphatic carboxylic acids is 1. The molecule has 1 aromatic carbocycles. The average Bonchev–Trinajstić information content (AvgIpc) is 2.35. The van der Waals surface area contributed by atoms with E-state index in [1.54, 1.807) is 25.2 Å². The molecule has 0 saturated carbocycles. The van der Waals surface area contributed by atoms with Gasteiger partial charge < -0.3 is 20.4 Å². The number of carboxylic acid groups (broad SMARTS) is 1. The van der Waals surface area contributed by atoms with Crippen molar-refractivity contribution in [3.63, 3.8) is 0 Å². The van der Waals surface area contributed by atoms with Gasteiger partial charge in [-0.3, -0.25) is 0 Å². The van der Waals surface area contributed by atoms with Crippen LogP contribution in [-0.2, 0) is 11.3 Å². The van der Waals surface area contributed by atoms with Gasteiger partial charge in [-0.15, -0.1) is 0 Å². The second kappa shape index (κ2) is 6.96. The molecule has 1 atom stereocenters. The molecule has 0 aromatic heterocycles. The Bertz CT molecular complexity index is 467. The Balaban J connectivity index is 2.47. The first-order valence-electron chi connectivity index (χ1n) is 5.54. The van der Waals surface area contributed by atoms with Crippen LogP contribution in [0.4, 0.5) is 4.79 Å². The summed E-state index contributed by atoms with van der Waals surface area (Å²) in [7, 11) is 1.56. The number of hydrogen-bond acceptors (Lipinski definition) is 3. The first-order valence-corrected chi connectivity index (χ1v) is 5.92. The number of rotatable bonds is 5. The van der Waals surface area contributed by atoms with E-state index in [1.807, 2.05) is 6.07 Å². The molecule has 1 unspecified atom stereocenters. The standard InChI is InChI=1S/C12H15ClN2O4/c1-15(7-8-3-2-4-9(13)5-8)12(19)14-6-10(16)11(17)18/h2-5,10,16H,6-7H2,1H3,(H,14,19)(H,17,18). The van der Waals surface area contributed by atoms with E-state index in [9.17, 15) is 9.59 Å². The van der Waals surface area contributed by atoms with Crippen molar-refractivity contribution in [2.24, 2.45) is 0 Å². The number of halogens is 1. The fraction of sp³-hybridized carbons (Fsp3) is 0.333. The van der Waals surface area contributed by atoms with Gasteiger partial charge in [0, 0.05) is 18.6 Å². The van der Waals surface area contributed by atoms with Gasteiger partial charge in [0.25, 0.3) is 0 Å². The molecule has 1 rings (SSSR count). The number of carbonyl (C=O) groups is 2. The summed E-state index contributed by atoms with van der Waals surface area (Å²) < 4.78 is 0. The molecule has 0 bridgehead atoms. The molecule has 2 amide bonds. The first kappa shape index (κ1) is 15.3. The number of amides is 2. The van der Waals surface area contributed by atoms with Crippen LogP contribution in [0.2, 0.25) is 5.02 Å². The minimum absolute atomic E-state index is 0.329. The van der Waals surface area contributed by atoms with Gasteiger partial charge >= 0.3 is 12.0 Å². The summed E-state index contributed by atoms with van der Waals surface area (Å²) in [5.41, 5.74) is 0.851. The number of aliphatic hydroxyl groups is 1. The van der Waals surface area contributed by atoms with Gasteiger partial charge in [-0.1, -0.05) is 23.7 Å². The van der Waals surface area contributed by atoms with Crippen molar-refractivity contribution in [1.29, 1.82) is 0 Å². The number of carboxylic acids is 1. The lowest BCUT2D eigenvalue weighted by Gasteiger charge is -2.18. The Morgan fingerprint density at radius 3 is 2.74 bits per heavy atom. The summed E-state index contributed by atoms with van der Waals surface area (Å²) in [6, 6.07) is 6.59. The van der Waals surface area contributed by atoms with E-state index in [0.29, 0.717) is 11.6 Å². The normalized spacial score (nSPS) is 11.7. The number of nitrogens with one attached hydrogen (secondary N) is 1. The Morgan fingerprint density at radius 2 is 2.16 bits per heavy atom. The van der Waals surface area contributed by atoms with Crippen molar-refractivity contribution in [2.75, 3.05) is 13.6 Å². The number of urea groups is 1. The second-order valence-electron chi connectivity index (χ2n) is 4.03. The Labute approximate surface area is 115 Å². The minimum Gasteiger partial charge on any atom is -0.479 e. The van der Waals surface area contributed by atoms with E-state index < -0.39 is 18.1 Å². The summed E-state index contributed by atoms with van der Waals surface area (Å²) in [5.74, 6) is -1.38. The molecule has 0 saturated heterocycles. The third-order valence-electron chi connectivity index (χ3n) is 2.39. The Kier molecular flexibility index (Phi) is 5.59. The molecule has 0 aliphatic carbocycles. The average molecular weight is 287 g/mol. The SMILES string of the molecule is CN(Cc1cccc(Cl)c1)C(=O)NCC(O)C(=O)O. The molecule has 104 valence electrons. The van der Waals surface area contributed by atoms with Crippen LogP contribution in [0.3, 0.4) is 0 Å². The van der Waals surface area contributed by atoms with Crippen molar-refractivity contribution < 1.29 is 19.8 Å². The zero-order valence-electron chi connectivity index (χ0n) is 10.3. The molecular formula is C12H15ClN2O4. The van der Waals surface area contributed by atoms with Crippen LogP contribution in [0.15, 0.2) is 24.3 Å². The molecule has 0 spiro atoms. The summed E-state index contributed by atoms with van der Waals surface area (Å²) in [6.45, 7) is -0.0103. The molecule has 0 fully saturated rings. The molecule has 0 aliphatic rings. The van der Waals surface area contributed by atoms with E-state index in [-0.39, 0.29) is 6.54 Å². The van der Waals surface area contributed by atoms with Gasteiger partial charge in [0.1, 0.15) is 0 Å². The maximum atomic E-state index is 11.6. The maximum Gasteiger partial charge on any atom is 0.334 e. The topological polar surface area (TPSA) is 89.9 Å². The summed E-state index contributed by atoms with van der Waals surface area (Å²) in [6.07, 6.45) is -1.61. The zero-order chi connectivity index (χ0) is 14.4. The van der Waals surface area contributed by atoms with Gasteiger partial charge in [0.2, 0.25) is 0 Å². The lowest BCUT2D eigenvalue weighted by molar-refractivity contribution is -0.146. The molecular weight excluding hydrogens is 272 g/mol. The van der Waals surface area contributed by atoms with Crippen molar-refractivity contribution >= 4 is 23.6 Å². The molecule has 0 radical (unpaired) electrons. The molecule has 7 heteroatoms. The van der Waals surface area contributed by atoms with Crippen LogP contribution in [0.1, 0.15) is 5.56 Å². The Hall–Kier alpha value is -1.79. The highest BCUT2D eigenvalue weighted by molar-refractivity contribution is 6.30. The number of carbonyl (C=O) groups excluding carboxylic acids is 1. The monoisotopic (exact) mass is 286 g/mol. The molecule has 19 heavy (non-hydrogen) atoms. The zero-order valence-corrected chi connectivity index (χ0v) is 11.1. The predicted molar refractivity (Wildman–Crippen MR) is 70.0 cm³/mol. The Morgan fingerprint density at radius 1 is 1.47 bits per heavy atom. The fourth-order valence-corrected chi connectivity index (χ4v) is 1.60. The molecule has 6 nitrogen and oxygen atoms in total. The van der Waals surface area contributed by atoms with E-state index >= 15 is 0 Å². The lowest BCUT2D eigenvalue weighted by atomic mass is 10.2. The molecule has 0 aliphatic heterocycles. The summed E-state index contributed by atoms with van der Waals surface area (Å²) >= 11 is 5.83. The van der Waals surface area contributed by atoms with Crippen LogP contribution < -0.4 is 5.32 Å². The van der Waals surface area contributed by atoms with Crippen LogP contribution >= 0.6 is 11.6 Å². The number of nitrogens with zero attached hydrogens (tertiary/aromatic N) is 1. The van der Waals surface area contributed by atoms with Crippen molar-refractivity contribution in [3.8, 4) is 0 Å². The van der Waals surface area contributed by atoms with E-state index in [0.717, 1.165) is 5.56 Å². The minimum atomic E-state index is -1.61. The van der Waals surface area contributed by atoms with Gasteiger partial charge in [-0.2, -0.15) is 0 Å². The van der Waals surface area contributed by atoms with Crippen LogP contribution in [-0.4, -0.2) is 46.8 Å². The van der Waals surface area contributed by atoms with Gasteiger partial charge in [-0.05, 0) is 17.7 Å². The quantitative estimate of drug-likeness (QED) is 0.751. The third-order valence-corrected chi connectivity index (χ3v) is 2.62. The van der Waals surface area contributed by atoms with E-state index in [2.05, 4.69) is 5.32 Å². The van der Waals surface area contributed by atoms with E-state index in [1.165, 1.54) is 4.90 Å². The second-order valence-corrected chi connectivity index (χ2v) is 4.46.